The van der Waals surface area contributed by atoms with E-state index in [1.54, 1.807) is 0 Å². The zero-order chi connectivity index (χ0) is 15.1. The van der Waals surface area contributed by atoms with Crippen LogP contribution in [0.5, 0.6) is 5.75 Å². The van der Waals surface area contributed by atoms with E-state index in [0.29, 0.717) is 0 Å². The molecule has 1 aromatic carbocycles. The first kappa shape index (κ1) is 16.0. The van der Waals surface area contributed by atoms with Crippen molar-refractivity contribution in [3.63, 3.8) is 0 Å². The minimum atomic E-state index is -0.529. The maximum atomic E-state index is 13.7. The minimum Gasteiger partial charge on any atom is -0.505 e. The molecule has 4 heteroatoms. The van der Waals surface area contributed by atoms with Gasteiger partial charge in [0.15, 0.2) is 11.6 Å². The predicted molar refractivity (Wildman–Crippen MR) is 83.9 cm³/mol. The maximum Gasteiger partial charge on any atom is 0.165 e. The van der Waals surface area contributed by atoms with E-state index in [1.807, 2.05) is 12.1 Å². The smallest absolute Gasteiger partial charge is 0.165 e. The molecule has 1 saturated heterocycles. The van der Waals surface area contributed by atoms with Gasteiger partial charge in [-0.1, -0.05) is 18.6 Å². The van der Waals surface area contributed by atoms with Crippen LogP contribution in [0, 0.1) is 5.82 Å². The van der Waals surface area contributed by atoms with Crippen LogP contribution in [0.25, 0.3) is 0 Å². The highest BCUT2D eigenvalue weighted by molar-refractivity contribution is 5.30. The van der Waals surface area contributed by atoms with Gasteiger partial charge in [0, 0.05) is 32.2 Å². The Balaban J connectivity index is 2.09. The number of phenolic OH excluding ortho intramolecular Hbond substituents is 1. The molecule has 1 aliphatic heterocycles. The molecule has 1 atom stereocenters. The first-order chi connectivity index (χ1) is 10.2. The molecule has 0 saturated carbocycles. The molecule has 21 heavy (non-hydrogen) atoms. The average molecular weight is 292 g/mol. The van der Waals surface area contributed by atoms with Crippen molar-refractivity contribution in [3.05, 3.63) is 42.2 Å². The highest BCUT2D eigenvalue weighted by atomic mass is 19.1. The van der Waals surface area contributed by atoms with Gasteiger partial charge in [-0.25, -0.2) is 4.39 Å². The zero-order valence-electron chi connectivity index (χ0n) is 12.5. The van der Waals surface area contributed by atoms with Gasteiger partial charge >= 0.3 is 0 Å². The number of piperazine rings is 1. The van der Waals surface area contributed by atoms with Crippen molar-refractivity contribution in [2.75, 3.05) is 26.2 Å². The quantitative estimate of drug-likeness (QED) is 0.598. The van der Waals surface area contributed by atoms with Crippen LogP contribution in [-0.2, 0) is 0 Å². The molecular formula is C17H25FN2O. The van der Waals surface area contributed by atoms with E-state index in [2.05, 4.69) is 16.8 Å². The molecule has 3 nitrogen and oxygen atoms in total. The summed E-state index contributed by atoms with van der Waals surface area (Å²) in [5.41, 5.74) is 0.964. The Morgan fingerprint density at radius 3 is 2.76 bits per heavy atom. The summed E-state index contributed by atoms with van der Waals surface area (Å²) in [6.07, 6.45) is 6.20. The van der Waals surface area contributed by atoms with E-state index >= 15 is 0 Å². The molecule has 1 fully saturated rings. The van der Waals surface area contributed by atoms with Crippen molar-refractivity contribution >= 4 is 0 Å². The molecule has 0 aliphatic carbocycles. The third-order valence-corrected chi connectivity index (χ3v) is 4.08. The number of allylic oxidation sites excluding steroid dienone is 1. The number of hydrogen-bond donors (Lipinski definition) is 2. The molecule has 2 rings (SSSR count). The van der Waals surface area contributed by atoms with Crippen LogP contribution in [0.15, 0.2) is 30.9 Å². The topological polar surface area (TPSA) is 35.5 Å². The molecule has 0 aromatic heterocycles. The van der Waals surface area contributed by atoms with Crippen molar-refractivity contribution in [1.29, 1.82) is 0 Å². The van der Waals surface area contributed by atoms with Gasteiger partial charge in [0.25, 0.3) is 0 Å². The average Bonchev–Trinajstić information content (AvgIpc) is 2.51. The van der Waals surface area contributed by atoms with Gasteiger partial charge in [-0.2, -0.15) is 0 Å². The van der Waals surface area contributed by atoms with Gasteiger partial charge in [0.1, 0.15) is 0 Å². The summed E-state index contributed by atoms with van der Waals surface area (Å²) in [7, 11) is 0. The molecule has 1 aromatic rings. The third-order valence-electron chi connectivity index (χ3n) is 4.08. The standard InChI is InChI=1S/C17H25FN2O/c1-2-3-4-5-6-16(20-11-9-19-10-12-20)14-7-8-17(21)15(18)13-14/h2,7-8,13,16,19,21H,1,3-6,9-12H2/t16-/m1/s1. The van der Waals surface area contributed by atoms with Gasteiger partial charge < -0.3 is 10.4 Å². The number of unbranched alkanes of at least 4 members (excludes halogenated alkanes) is 2. The van der Waals surface area contributed by atoms with Gasteiger partial charge in [0.05, 0.1) is 0 Å². The van der Waals surface area contributed by atoms with Crippen molar-refractivity contribution in [2.24, 2.45) is 0 Å². The summed E-state index contributed by atoms with van der Waals surface area (Å²) in [5.74, 6) is -0.803. The number of benzene rings is 1. The molecule has 0 unspecified atom stereocenters. The lowest BCUT2D eigenvalue weighted by atomic mass is 9.97. The Labute approximate surface area is 126 Å². The van der Waals surface area contributed by atoms with E-state index in [0.717, 1.165) is 57.4 Å². The number of halogens is 1. The molecule has 1 heterocycles. The van der Waals surface area contributed by atoms with E-state index in [9.17, 15) is 9.50 Å². The number of aromatic hydroxyl groups is 1. The number of phenols is 1. The number of nitrogens with one attached hydrogen (secondary N) is 1. The number of hydrogen-bond acceptors (Lipinski definition) is 3. The minimum absolute atomic E-state index is 0.229. The Morgan fingerprint density at radius 1 is 1.33 bits per heavy atom. The largest absolute Gasteiger partial charge is 0.505 e. The summed E-state index contributed by atoms with van der Waals surface area (Å²) >= 11 is 0. The SMILES string of the molecule is C=CCCCC[C@H](c1ccc(O)c(F)c1)N1CCNCC1. The van der Waals surface area contributed by atoms with Crippen LogP contribution in [0.2, 0.25) is 0 Å². The van der Waals surface area contributed by atoms with Crippen molar-refractivity contribution in [1.82, 2.24) is 10.2 Å². The highest BCUT2D eigenvalue weighted by Gasteiger charge is 2.22. The summed E-state index contributed by atoms with van der Waals surface area (Å²) in [6, 6.07) is 5.02. The summed E-state index contributed by atoms with van der Waals surface area (Å²) in [4.78, 5) is 2.41. The normalized spacial score (nSPS) is 17.6. The molecule has 116 valence electrons. The molecule has 0 bridgehead atoms. The Hall–Kier alpha value is -1.39. The van der Waals surface area contributed by atoms with Crippen LogP contribution < -0.4 is 5.32 Å². The summed E-state index contributed by atoms with van der Waals surface area (Å²) < 4.78 is 13.7. The van der Waals surface area contributed by atoms with Gasteiger partial charge in [0.2, 0.25) is 0 Å². The second kappa shape index (κ2) is 8.15. The first-order valence-corrected chi connectivity index (χ1v) is 7.76. The monoisotopic (exact) mass is 292 g/mol. The fourth-order valence-electron chi connectivity index (χ4n) is 2.91. The van der Waals surface area contributed by atoms with E-state index < -0.39 is 5.82 Å². The maximum absolute atomic E-state index is 13.7. The Bertz CT molecular complexity index is 458. The van der Waals surface area contributed by atoms with Crippen molar-refractivity contribution in [3.8, 4) is 5.75 Å². The molecular weight excluding hydrogens is 267 g/mol. The van der Waals surface area contributed by atoms with E-state index in [4.69, 9.17) is 0 Å². The highest BCUT2D eigenvalue weighted by Crippen LogP contribution is 2.29. The molecule has 0 amide bonds. The van der Waals surface area contributed by atoms with Crippen molar-refractivity contribution < 1.29 is 9.50 Å². The van der Waals surface area contributed by atoms with Gasteiger partial charge in [-0.15, -0.1) is 6.58 Å². The van der Waals surface area contributed by atoms with Crippen LogP contribution in [-0.4, -0.2) is 36.2 Å². The molecule has 0 radical (unpaired) electrons. The fourth-order valence-corrected chi connectivity index (χ4v) is 2.91. The third kappa shape index (κ3) is 4.55. The molecule has 0 spiro atoms. The predicted octanol–water partition coefficient (Wildman–Crippen LogP) is 3.22. The summed E-state index contributed by atoms with van der Waals surface area (Å²) in [6.45, 7) is 7.66. The van der Waals surface area contributed by atoms with E-state index in [-0.39, 0.29) is 11.8 Å². The number of rotatable bonds is 7. The number of nitrogens with zero attached hydrogens (tertiary/aromatic N) is 1. The lowest BCUT2D eigenvalue weighted by molar-refractivity contribution is 0.162. The lowest BCUT2D eigenvalue weighted by Crippen LogP contribution is -2.45. The zero-order valence-corrected chi connectivity index (χ0v) is 12.5. The molecule has 2 N–H and O–H groups in total. The van der Waals surface area contributed by atoms with Crippen LogP contribution in [0.4, 0.5) is 4.39 Å². The van der Waals surface area contributed by atoms with Gasteiger partial charge in [-0.05, 0) is 37.0 Å². The van der Waals surface area contributed by atoms with Crippen LogP contribution >= 0.6 is 0 Å². The first-order valence-electron chi connectivity index (χ1n) is 7.76. The second-order valence-electron chi connectivity index (χ2n) is 5.59. The second-order valence-corrected chi connectivity index (χ2v) is 5.59. The van der Waals surface area contributed by atoms with Crippen molar-refractivity contribution in [2.45, 2.75) is 31.7 Å². The van der Waals surface area contributed by atoms with E-state index in [1.165, 1.54) is 12.1 Å². The molecule has 1 aliphatic rings. The van der Waals surface area contributed by atoms with Crippen LogP contribution in [0.3, 0.4) is 0 Å². The summed E-state index contributed by atoms with van der Waals surface area (Å²) in [5, 5.41) is 12.7. The Kier molecular flexibility index (Phi) is 6.21. The lowest BCUT2D eigenvalue weighted by Gasteiger charge is -2.35. The fraction of sp³-hybridized carbons (Fsp3) is 0.529. The van der Waals surface area contributed by atoms with Gasteiger partial charge in [-0.3, -0.25) is 4.90 Å². The van der Waals surface area contributed by atoms with Crippen LogP contribution in [0.1, 0.15) is 37.3 Å². The Morgan fingerprint density at radius 2 is 2.10 bits per heavy atom.